The topological polar surface area (TPSA) is 279 Å². The van der Waals surface area contributed by atoms with Crippen molar-refractivity contribution in [2.24, 2.45) is 35.5 Å². The average Bonchev–Trinajstić information content (AvgIpc) is 4.03. The number of hydrogen-bond acceptors (Lipinski definition) is 14. The second-order valence-corrected chi connectivity index (χ2v) is 22.5. The summed E-state index contributed by atoms with van der Waals surface area (Å²) in [7, 11) is 2.84. The fourth-order valence-corrected chi connectivity index (χ4v) is 10.0. The van der Waals surface area contributed by atoms with Gasteiger partial charge in [-0.1, -0.05) is 75.7 Å². The van der Waals surface area contributed by atoms with Crippen molar-refractivity contribution < 1.29 is 67.6 Å². The van der Waals surface area contributed by atoms with E-state index in [-0.39, 0.29) is 62.9 Å². The van der Waals surface area contributed by atoms with Gasteiger partial charge in [0.05, 0.1) is 24.5 Å². The van der Waals surface area contributed by atoms with Gasteiger partial charge in [0.25, 0.3) is 5.91 Å². The second-order valence-electron chi connectivity index (χ2n) is 22.5. The highest BCUT2D eigenvalue weighted by atomic mass is 16.6. The quantitative estimate of drug-likeness (QED) is 0.123. The molecule has 3 saturated heterocycles. The molecule has 1 unspecified atom stereocenters. The molecule has 3 aliphatic rings. The van der Waals surface area contributed by atoms with Crippen molar-refractivity contribution in [3.63, 3.8) is 0 Å². The Hall–Kier alpha value is -5.18. The standard InChI is InChI=1S/C53H89N7O14/c1-16-31(10)42-40(62)26-41(63)74-45(30(8)9)44(64)32(11)46(65)54-35(23-27(2)3)50(69)60-22-18-20-37(60)52(71)58(15)39(25-29(6)7)53(72)73-34(13)43(48(67)55-42)56-47(66)38(24-28(4)5)57(14)51(70)36-19-17-21-59(36)49(68)33(12)61/h27-40,42-43,45,61-62H,16-26H2,1-15H3,(H,54,65)(H,55,67)(H,56,66)/t31-,32-,33-,34+,35-,36?,37-,38+,39-,40-,42+,43-,45-/m0/s1. The average molecular weight is 1050 g/mol. The summed E-state index contributed by atoms with van der Waals surface area (Å²) in [6, 6.07) is -8.55. The normalized spacial score (nSPS) is 28.9. The molecule has 13 atom stereocenters. The molecule has 0 bridgehead atoms. The number of nitrogens with one attached hydrogen (secondary N) is 3. The summed E-state index contributed by atoms with van der Waals surface area (Å²) in [5.41, 5.74) is 0. The number of esters is 2. The molecule has 0 aromatic carbocycles. The molecule has 0 spiro atoms. The maximum absolute atomic E-state index is 14.8. The van der Waals surface area contributed by atoms with Crippen LogP contribution in [0.3, 0.4) is 0 Å². The first-order valence-corrected chi connectivity index (χ1v) is 26.8. The van der Waals surface area contributed by atoms with E-state index in [2.05, 4.69) is 16.0 Å². The molecule has 21 heteroatoms. The number of ether oxygens (including phenoxy) is 2. The van der Waals surface area contributed by atoms with Crippen molar-refractivity contribution in [3.05, 3.63) is 0 Å². The Labute approximate surface area is 438 Å². The SMILES string of the molecule is CC[C@H](C)[C@H]1NC(=O)[C@@H](NC(=O)[C@@H](CC(C)C)N(C)C(=O)C2CCCN2C(=O)[C@H](C)O)[C@@H](C)OC(=O)[C@H](CC(C)C)N(C)C(=O)[C@@H]2CCCN2C(=O)[C@H](CC(C)C)NC(=O)[C@@H](C)C(=O)[C@H](C(C)C)OC(=O)C[C@@H]1O. The molecule has 21 nitrogen and oxygen atoms in total. The van der Waals surface area contributed by atoms with Crippen LogP contribution in [0.5, 0.6) is 0 Å². The Bertz CT molecular complexity index is 2010. The predicted octanol–water partition coefficient (Wildman–Crippen LogP) is 2.11. The highest BCUT2D eigenvalue weighted by molar-refractivity contribution is 6.05. The molecule has 74 heavy (non-hydrogen) atoms. The van der Waals surface area contributed by atoms with Gasteiger partial charge in [0.15, 0.2) is 11.9 Å². The Kier molecular flexibility index (Phi) is 24.0. The van der Waals surface area contributed by atoms with Crippen LogP contribution < -0.4 is 16.0 Å². The summed E-state index contributed by atoms with van der Waals surface area (Å²) < 4.78 is 11.8. The summed E-state index contributed by atoms with van der Waals surface area (Å²) in [6.45, 7) is 22.2. The van der Waals surface area contributed by atoms with Crippen molar-refractivity contribution in [2.75, 3.05) is 27.2 Å². The molecule has 3 fully saturated rings. The van der Waals surface area contributed by atoms with Crippen LogP contribution in [0.2, 0.25) is 0 Å². The maximum atomic E-state index is 14.8. The second kappa shape index (κ2) is 28.1. The zero-order chi connectivity index (χ0) is 56.2. The van der Waals surface area contributed by atoms with Gasteiger partial charge in [-0.25, -0.2) is 4.79 Å². The first kappa shape index (κ1) is 63.1. The van der Waals surface area contributed by atoms with E-state index in [1.807, 2.05) is 41.5 Å². The van der Waals surface area contributed by atoms with Crippen LogP contribution in [-0.4, -0.2) is 183 Å². The first-order chi connectivity index (χ1) is 34.4. The molecule has 5 N–H and O–H groups in total. The van der Waals surface area contributed by atoms with Crippen LogP contribution >= 0.6 is 0 Å². The Morgan fingerprint density at radius 3 is 1.97 bits per heavy atom. The number of Topliss-reactive ketones (excluding diaryl/α,β-unsaturated/α-hetero) is 1. The number of carbonyl (C=O) groups is 10. The number of likely N-dealkylation sites (N-methyl/N-ethyl adjacent to an activating group) is 2. The molecule has 3 heterocycles. The molecule has 0 aromatic rings. The zero-order valence-corrected chi connectivity index (χ0v) is 46.7. The number of likely N-dealkylation sites (tertiary alicyclic amines) is 1. The lowest BCUT2D eigenvalue weighted by atomic mass is 9.91. The van der Waals surface area contributed by atoms with E-state index < -0.39 is 150 Å². The highest BCUT2D eigenvalue weighted by Gasteiger charge is 2.46. The summed E-state index contributed by atoms with van der Waals surface area (Å²) >= 11 is 0. The van der Waals surface area contributed by atoms with Gasteiger partial charge in [0, 0.05) is 27.2 Å². The fraction of sp³-hybridized carbons (Fsp3) is 0.811. The van der Waals surface area contributed by atoms with Crippen LogP contribution in [0.15, 0.2) is 0 Å². The molecule has 420 valence electrons. The predicted molar refractivity (Wildman–Crippen MR) is 273 cm³/mol. The maximum Gasteiger partial charge on any atom is 0.329 e. The fourth-order valence-electron chi connectivity index (χ4n) is 10.0. The minimum atomic E-state index is -1.72. The minimum absolute atomic E-state index is 0.0878. The Balaban J connectivity index is 2.22. The number of hydrogen-bond donors (Lipinski definition) is 5. The molecular formula is C53H89N7O14. The number of amides is 7. The van der Waals surface area contributed by atoms with Gasteiger partial charge in [-0.15, -0.1) is 0 Å². The van der Waals surface area contributed by atoms with Crippen LogP contribution in [0.1, 0.15) is 148 Å². The third kappa shape index (κ3) is 16.4. The number of aliphatic hydroxyl groups excluding tert-OH is 2. The number of ketones is 1. The lowest BCUT2D eigenvalue weighted by Gasteiger charge is -2.36. The van der Waals surface area contributed by atoms with Crippen LogP contribution in [0, 0.1) is 35.5 Å². The van der Waals surface area contributed by atoms with E-state index in [0.29, 0.717) is 19.3 Å². The van der Waals surface area contributed by atoms with Crippen molar-refractivity contribution in [1.82, 2.24) is 35.6 Å². The molecular weight excluding hydrogens is 959 g/mol. The molecule has 3 rings (SSSR count). The van der Waals surface area contributed by atoms with Crippen molar-refractivity contribution in [3.8, 4) is 0 Å². The van der Waals surface area contributed by atoms with Crippen LogP contribution in [0.4, 0.5) is 0 Å². The van der Waals surface area contributed by atoms with Crippen LogP contribution in [-0.2, 0) is 57.4 Å². The lowest BCUT2D eigenvalue weighted by Crippen LogP contribution is -2.62. The minimum Gasteiger partial charge on any atom is -0.458 e. The molecule has 3 aliphatic heterocycles. The van der Waals surface area contributed by atoms with Crippen molar-refractivity contribution in [1.29, 1.82) is 0 Å². The van der Waals surface area contributed by atoms with Gasteiger partial charge < -0.3 is 55.2 Å². The largest absolute Gasteiger partial charge is 0.458 e. The van der Waals surface area contributed by atoms with Gasteiger partial charge in [-0.3, -0.25) is 43.2 Å². The number of nitrogens with zero attached hydrogens (tertiary/aromatic N) is 4. The van der Waals surface area contributed by atoms with E-state index in [4.69, 9.17) is 9.47 Å². The van der Waals surface area contributed by atoms with E-state index in [1.165, 1.54) is 54.5 Å². The van der Waals surface area contributed by atoms with Gasteiger partial charge in [-0.2, -0.15) is 0 Å². The van der Waals surface area contributed by atoms with Gasteiger partial charge >= 0.3 is 11.9 Å². The van der Waals surface area contributed by atoms with Crippen LogP contribution in [0.25, 0.3) is 0 Å². The number of fused-ring (bicyclic) bond motifs is 1. The molecule has 7 amide bonds. The van der Waals surface area contributed by atoms with Crippen molar-refractivity contribution >= 4 is 59.1 Å². The van der Waals surface area contributed by atoms with E-state index in [9.17, 15) is 58.2 Å². The van der Waals surface area contributed by atoms with E-state index in [0.717, 1.165) is 0 Å². The highest BCUT2D eigenvalue weighted by Crippen LogP contribution is 2.27. The van der Waals surface area contributed by atoms with Crippen molar-refractivity contribution in [2.45, 2.75) is 215 Å². The number of aliphatic hydroxyl groups is 2. The lowest BCUT2D eigenvalue weighted by molar-refractivity contribution is -0.163. The number of rotatable bonds is 14. The number of carbonyl (C=O) groups excluding carboxylic acids is 10. The van der Waals surface area contributed by atoms with Gasteiger partial charge in [0.2, 0.25) is 35.4 Å². The monoisotopic (exact) mass is 1050 g/mol. The van der Waals surface area contributed by atoms with E-state index >= 15 is 0 Å². The smallest absolute Gasteiger partial charge is 0.329 e. The Morgan fingerprint density at radius 2 is 1.42 bits per heavy atom. The summed E-state index contributed by atoms with van der Waals surface area (Å²) in [6.07, 6.45) is -4.48. The number of cyclic esters (lactones) is 2. The third-order valence-corrected chi connectivity index (χ3v) is 14.6. The summed E-state index contributed by atoms with van der Waals surface area (Å²) in [5, 5.41) is 30.1. The van der Waals surface area contributed by atoms with Gasteiger partial charge in [0.1, 0.15) is 48.5 Å². The van der Waals surface area contributed by atoms with Gasteiger partial charge in [-0.05, 0) is 95.3 Å². The molecule has 0 aliphatic carbocycles. The summed E-state index contributed by atoms with van der Waals surface area (Å²) in [5.74, 6) is -10.6. The Morgan fingerprint density at radius 1 is 0.811 bits per heavy atom. The van der Waals surface area contributed by atoms with E-state index in [1.54, 1.807) is 27.7 Å². The molecule has 0 radical (unpaired) electrons. The first-order valence-electron chi connectivity index (χ1n) is 26.8. The zero-order valence-electron chi connectivity index (χ0n) is 46.7. The summed E-state index contributed by atoms with van der Waals surface area (Å²) in [4.78, 5) is 147. The molecule has 0 saturated carbocycles. The third-order valence-electron chi connectivity index (χ3n) is 14.6. The molecule has 0 aromatic heterocycles.